The van der Waals surface area contributed by atoms with E-state index in [2.05, 4.69) is 53.2 Å². The summed E-state index contributed by atoms with van der Waals surface area (Å²) in [6.07, 6.45) is 2.66. The summed E-state index contributed by atoms with van der Waals surface area (Å²) in [6, 6.07) is 13.9. The number of thiazole rings is 1. The van der Waals surface area contributed by atoms with Gasteiger partial charge in [-0.25, -0.2) is 9.97 Å². The van der Waals surface area contributed by atoms with E-state index in [1.807, 2.05) is 42.6 Å². The zero-order valence-corrected chi connectivity index (χ0v) is 24.9. The summed E-state index contributed by atoms with van der Waals surface area (Å²) >= 11 is 1.56. The monoisotopic (exact) mass is 572 g/mol. The number of benzene rings is 1. The Bertz CT molecular complexity index is 1650. The number of nitrogens with zero attached hydrogens (tertiary/aromatic N) is 6. The van der Waals surface area contributed by atoms with E-state index in [0.717, 1.165) is 70.6 Å². The predicted octanol–water partition coefficient (Wildman–Crippen LogP) is 4.88. The maximum Gasteiger partial charge on any atom is 0.214 e. The molecule has 1 aromatic carbocycles. The molecule has 1 fully saturated rings. The molecular weight excluding hydrogens is 536 g/mol. The number of pyridine rings is 1. The molecule has 1 aliphatic heterocycles. The molecule has 0 unspecified atom stereocenters. The number of aromatic nitrogens is 4. The number of piperazine rings is 1. The number of likely N-dealkylation sites (N-methyl/N-ethyl adjacent to an activating group) is 1. The average molecular weight is 573 g/mol. The molecule has 4 aromatic heterocycles. The van der Waals surface area contributed by atoms with Crippen molar-refractivity contribution in [1.82, 2.24) is 29.3 Å². The van der Waals surface area contributed by atoms with Gasteiger partial charge in [0.2, 0.25) is 5.88 Å². The molecule has 1 aliphatic rings. The fourth-order valence-electron chi connectivity index (χ4n) is 4.97. The first-order valence-electron chi connectivity index (χ1n) is 14.1. The van der Waals surface area contributed by atoms with Gasteiger partial charge in [0.25, 0.3) is 0 Å². The van der Waals surface area contributed by atoms with Gasteiger partial charge in [-0.3, -0.25) is 14.1 Å². The lowest BCUT2D eigenvalue weighted by atomic mass is 9.93. The highest BCUT2D eigenvalue weighted by Gasteiger charge is 2.21. The quantitative estimate of drug-likeness (QED) is 0.247. The first-order valence-corrected chi connectivity index (χ1v) is 14.9. The van der Waals surface area contributed by atoms with Crippen LogP contribution in [0.1, 0.15) is 37.8 Å². The standard InChI is InChI=1S/C31H36N6O3S/c1-31(2,3)27-19-23(34-40-27)18-24(38)17-21-5-7-22(8-6-21)25-20-37-26-9-10-28(33-29(26)41-30(37)32-25)39-16-15-36-13-11-35(4)12-14-36/h5-10,19-20H,11-18H2,1-4H3. The third kappa shape index (κ3) is 6.34. The third-order valence-corrected chi connectivity index (χ3v) is 8.48. The zero-order valence-electron chi connectivity index (χ0n) is 24.1. The van der Waals surface area contributed by atoms with Gasteiger partial charge in [-0.15, -0.1) is 0 Å². The number of fused-ring (bicyclic) bond motifs is 3. The Balaban J connectivity index is 1.07. The van der Waals surface area contributed by atoms with Gasteiger partial charge < -0.3 is 14.2 Å². The molecule has 0 aliphatic carbocycles. The molecule has 214 valence electrons. The Labute approximate surface area is 243 Å². The fraction of sp³-hybridized carbons (Fsp3) is 0.419. The van der Waals surface area contributed by atoms with Crippen LogP contribution in [-0.2, 0) is 23.1 Å². The minimum atomic E-state index is -0.129. The molecule has 9 nitrogen and oxygen atoms in total. The van der Waals surface area contributed by atoms with Crippen LogP contribution in [0.5, 0.6) is 5.88 Å². The summed E-state index contributed by atoms with van der Waals surface area (Å²) in [4.78, 5) is 28.8. The fourth-order valence-corrected chi connectivity index (χ4v) is 5.95. The summed E-state index contributed by atoms with van der Waals surface area (Å²) in [6.45, 7) is 12.1. The van der Waals surface area contributed by atoms with Gasteiger partial charge in [-0.05, 0) is 18.7 Å². The minimum Gasteiger partial charge on any atom is -0.476 e. The van der Waals surface area contributed by atoms with E-state index in [1.54, 1.807) is 11.3 Å². The van der Waals surface area contributed by atoms with Crippen molar-refractivity contribution >= 4 is 32.4 Å². The van der Waals surface area contributed by atoms with Crippen LogP contribution in [0, 0.1) is 0 Å². The van der Waals surface area contributed by atoms with Gasteiger partial charge >= 0.3 is 0 Å². The largest absolute Gasteiger partial charge is 0.476 e. The summed E-state index contributed by atoms with van der Waals surface area (Å²) in [7, 11) is 2.17. The van der Waals surface area contributed by atoms with E-state index in [-0.39, 0.29) is 17.6 Å². The Kier molecular flexibility index (Phi) is 7.63. The highest BCUT2D eigenvalue weighted by atomic mass is 32.1. The van der Waals surface area contributed by atoms with Crippen LogP contribution in [0.2, 0.25) is 0 Å². The van der Waals surface area contributed by atoms with Crippen molar-refractivity contribution < 1.29 is 14.1 Å². The SMILES string of the molecule is CN1CCN(CCOc2ccc3c(n2)sc2nc(-c4ccc(CC(=O)Cc5cc(C(C)(C)C)on5)cc4)cn23)CC1. The van der Waals surface area contributed by atoms with Gasteiger partial charge in [0.05, 0.1) is 23.3 Å². The Morgan fingerprint density at radius 2 is 1.80 bits per heavy atom. The van der Waals surface area contributed by atoms with Gasteiger partial charge in [-0.1, -0.05) is 61.5 Å². The maximum atomic E-state index is 12.7. The second-order valence-electron chi connectivity index (χ2n) is 11.9. The smallest absolute Gasteiger partial charge is 0.214 e. The number of carbonyl (C=O) groups is 1. The van der Waals surface area contributed by atoms with Crippen LogP contribution in [0.25, 0.3) is 26.6 Å². The van der Waals surface area contributed by atoms with Crippen molar-refractivity contribution in [2.24, 2.45) is 0 Å². The normalized spacial score (nSPS) is 15.2. The maximum absolute atomic E-state index is 12.7. The summed E-state index contributed by atoms with van der Waals surface area (Å²) in [5.41, 5.74) is 4.43. The van der Waals surface area contributed by atoms with Crippen molar-refractivity contribution in [3.8, 4) is 17.1 Å². The van der Waals surface area contributed by atoms with Crippen molar-refractivity contribution in [2.45, 2.75) is 39.0 Å². The Morgan fingerprint density at radius 3 is 2.54 bits per heavy atom. The topological polar surface area (TPSA) is 89.0 Å². The van der Waals surface area contributed by atoms with Crippen molar-refractivity contribution in [3.05, 3.63) is 65.7 Å². The van der Waals surface area contributed by atoms with E-state index in [4.69, 9.17) is 19.2 Å². The Hall–Kier alpha value is -3.60. The average Bonchev–Trinajstić information content (AvgIpc) is 3.65. The highest BCUT2D eigenvalue weighted by Crippen LogP contribution is 2.30. The van der Waals surface area contributed by atoms with Crippen LogP contribution >= 0.6 is 11.3 Å². The molecule has 1 saturated heterocycles. The molecule has 41 heavy (non-hydrogen) atoms. The van der Waals surface area contributed by atoms with Gasteiger partial charge in [0, 0.05) is 68.5 Å². The van der Waals surface area contributed by atoms with E-state index in [0.29, 0.717) is 24.6 Å². The first-order chi connectivity index (χ1) is 19.7. The molecular formula is C31H36N6O3S. The molecule has 0 atom stereocenters. The second kappa shape index (κ2) is 11.3. The molecule has 5 aromatic rings. The number of imidazole rings is 1. The van der Waals surface area contributed by atoms with Crippen LogP contribution < -0.4 is 4.74 Å². The number of carbonyl (C=O) groups excluding carboxylic acids is 1. The van der Waals surface area contributed by atoms with E-state index < -0.39 is 0 Å². The lowest BCUT2D eigenvalue weighted by Gasteiger charge is -2.32. The minimum absolute atomic E-state index is 0.107. The van der Waals surface area contributed by atoms with Crippen LogP contribution in [0.3, 0.4) is 0 Å². The first kappa shape index (κ1) is 27.6. The molecule has 0 radical (unpaired) electrons. The van der Waals surface area contributed by atoms with E-state index >= 15 is 0 Å². The van der Waals surface area contributed by atoms with Crippen molar-refractivity contribution in [1.29, 1.82) is 0 Å². The number of Topliss-reactive ketones (excluding diaryl/α,β-unsaturated/α-hetero) is 1. The van der Waals surface area contributed by atoms with Gasteiger partial charge in [0.15, 0.2) is 4.96 Å². The van der Waals surface area contributed by atoms with Crippen LogP contribution in [-0.4, -0.2) is 81.5 Å². The van der Waals surface area contributed by atoms with Gasteiger partial charge in [-0.2, -0.15) is 0 Å². The lowest BCUT2D eigenvalue weighted by molar-refractivity contribution is -0.117. The molecule has 6 rings (SSSR count). The molecule has 0 saturated carbocycles. The van der Waals surface area contributed by atoms with Gasteiger partial charge in [0.1, 0.15) is 23.0 Å². The van der Waals surface area contributed by atoms with Crippen molar-refractivity contribution in [3.63, 3.8) is 0 Å². The molecule has 0 N–H and O–H groups in total. The molecule has 10 heteroatoms. The second-order valence-corrected chi connectivity index (χ2v) is 12.8. The lowest BCUT2D eigenvalue weighted by Crippen LogP contribution is -2.45. The third-order valence-electron chi connectivity index (χ3n) is 7.52. The van der Waals surface area contributed by atoms with Crippen LogP contribution in [0.15, 0.2) is 53.2 Å². The van der Waals surface area contributed by atoms with E-state index in [9.17, 15) is 4.79 Å². The summed E-state index contributed by atoms with van der Waals surface area (Å²) in [5, 5.41) is 4.07. The number of ether oxygens (including phenoxy) is 1. The van der Waals surface area contributed by atoms with E-state index in [1.165, 1.54) is 0 Å². The van der Waals surface area contributed by atoms with Crippen molar-refractivity contribution in [2.75, 3.05) is 46.4 Å². The predicted molar refractivity (Wildman–Crippen MR) is 161 cm³/mol. The summed E-state index contributed by atoms with van der Waals surface area (Å²) in [5.74, 6) is 1.55. The number of rotatable bonds is 9. The number of ketones is 1. The molecule has 5 heterocycles. The molecule has 0 spiro atoms. The zero-order chi connectivity index (χ0) is 28.6. The number of hydrogen-bond acceptors (Lipinski definition) is 9. The molecule has 0 bridgehead atoms. The van der Waals surface area contributed by atoms with Crippen LogP contribution in [0.4, 0.5) is 0 Å². The number of hydrogen-bond donors (Lipinski definition) is 0. The molecule has 0 amide bonds. The highest BCUT2D eigenvalue weighted by molar-refractivity contribution is 7.23. The Morgan fingerprint density at radius 1 is 1.02 bits per heavy atom. The summed E-state index contributed by atoms with van der Waals surface area (Å²) < 4.78 is 13.5.